The molecule has 0 unspecified atom stereocenters. The van der Waals surface area contributed by atoms with Crippen molar-refractivity contribution in [3.63, 3.8) is 0 Å². The molecule has 39 heavy (non-hydrogen) atoms. The second kappa shape index (κ2) is 21.1. The van der Waals surface area contributed by atoms with Crippen molar-refractivity contribution >= 4 is 57.9 Å². The van der Waals surface area contributed by atoms with Crippen LogP contribution in [0, 0.1) is 35.1 Å². The molecule has 4 rings (SSSR count). The van der Waals surface area contributed by atoms with Crippen molar-refractivity contribution < 1.29 is 51.9 Å². The SMILES string of the molecule is Fc1cccc(F)c1CNc1ccc(Br)nc1.Nc1ccc(Br)nc1.O=Cc1c(F)cccc1F.[B].[C-]#N.[Na+]. The van der Waals surface area contributed by atoms with Gasteiger partial charge in [-0.15, -0.1) is 0 Å². The number of rotatable bonds is 4. The Morgan fingerprint density at radius 1 is 0.821 bits per heavy atom. The molecule has 2 heterocycles. The third kappa shape index (κ3) is 14.3. The average molecular weight is 674 g/mol. The second-order valence-electron chi connectivity index (χ2n) is 6.59. The summed E-state index contributed by atoms with van der Waals surface area (Å²) in [7, 11) is 0. The number of anilines is 2. The van der Waals surface area contributed by atoms with Crippen LogP contribution in [0.25, 0.3) is 0 Å². The number of carbonyl (C=O) groups excluding carboxylic acids is 1. The van der Waals surface area contributed by atoms with Crippen LogP contribution in [0.3, 0.4) is 0 Å². The van der Waals surface area contributed by atoms with E-state index < -0.39 is 28.8 Å². The smallest absolute Gasteiger partial charge is 0.512 e. The van der Waals surface area contributed by atoms with Crippen LogP contribution in [-0.4, -0.2) is 24.7 Å². The molecule has 0 fully saturated rings. The number of aromatic nitrogens is 2. The van der Waals surface area contributed by atoms with Gasteiger partial charge in [0.2, 0.25) is 0 Å². The summed E-state index contributed by atoms with van der Waals surface area (Å²) in [6.07, 6.45) is 3.34. The summed E-state index contributed by atoms with van der Waals surface area (Å²) in [6, 6.07) is 14.2. The van der Waals surface area contributed by atoms with E-state index in [2.05, 4.69) is 47.1 Å². The fourth-order valence-corrected chi connectivity index (χ4v) is 2.85. The van der Waals surface area contributed by atoms with Crippen LogP contribution >= 0.6 is 31.9 Å². The molecule has 0 amide bonds. The molecule has 4 aromatic rings. The van der Waals surface area contributed by atoms with Gasteiger partial charge >= 0.3 is 29.6 Å². The van der Waals surface area contributed by atoms with Gasteiger partial charge in [0.15, 0.2) is 6.29 Å². The zero-order valence-corrected chi connectivity index (χ0v) is 25.6. The zero-order valence-electron chi connectivity index (χ0n) is 20.4. The monoisotopic (exact) mass is 672 g/mol. The molecular formula is C25H18BBr2F4N5NaO. The maximum atomic E-state index is 13.3. The van der Waals surface area contributed by atoms with Crippen molar-refractivity contribution in [3.05, 3.63) is 123 Å². The Morgan fingerprint density at radius 3 is 1.64 bits per heavy atom. The number of carbonyl (C=O) groups is 1. The normalized spacial score (nSPS) is 8.82. The summed E-state index contributed by atoms with van der Waals surface area (Å²) in [5.74, 6) is -2.75. The zero-order chi connectivity index (χ0) is 27.8. The molecule has 6 nitrogen and oxygen atoms in total. The molecule has 0 aliphatic rings. The molecule has 0 bridgehead atoms. The van der Waals surface area contributed by atoms with Gasteiger partial charge in [-0.05, 0) is 80.4 Å². The maximum Gasteiger partial charge on any atom is 1.00 e. The van der Waals surface area contributed by atoms with E-state index in [-0.39, 0.29) is 56.4 Å². The minimum Gasteiger partial charge on any atom is -0.512 e. The predicted octanol–water partition coefficient (Wildman–Crippen LogP) is 3.66. The van der Waals surface area contributed by atoms with E-state index in [0.717, 1.165) is 16.7 Å². The molecular weight excluding hydrogens is 656 g/mol. The molecule has 0 saturated heterocycles. The predicted molar refractivity (Wildman–Crippen MR) is 144 cm³/mol. The summed E-state index contributed by atoms with van der Waals surface area (Å²) in [6.45, 7) is 4.84. The molecule has 0 saturated carbocycles. The number of nitrogen functional groups attached to an aromatic ring is 1. The standard InChI is InChI=1S/C12H9BrF2N2.C7H4F2O.C5H5BrN2.CN.B.Na/c13-12-5-4-8(6-17-12)16-7-9-10(14)2-1-3-11(9)15;8-6-2-1-3-7(9)5(6)4-10;6-5-2-1-4(7)3-8-5;1-2;;/h1-6,16H,7H2;1-4H;1-3H,7H2;;;/q;;;-1;;+1. The largest absolute Gasteiger partial charge is 1.00 e. The molecule has 3 N–H and O–H groups in total. The van der Waals surface area contributed by atoms with Crippen LogP contribution in [0.4, 0.5) is 28.9 Å². The van der Waals surface area contributed by atoms with E-state index >= 15 is 0 Å². The molecule has 14 heteroatoms. The number of nitrogens with two attached hydrogens (primary N) is 1. The molecule has 0 spiro atoms. The number of halogens is 6. The quantitative estimate of drug-likeness (QED) is 0.113. The summed E-state index contributed by atoms with van der Waals surface area (Å²) in [4.78, 5) is 17.8. The molecule has 0 aliphatic carbocycles. The van der Waals surface area contributed by atoms with Crippen LogP contribution < -0.4 is 40.6 Å². The van der Waals surface area contributed by atoms with Gasteiger partial charge in [0.05, 0.1) is 29.3 Å². The number of aldehydes is 1. The number of pyridine rings is 2. The van der Waals surface area contributed by atoms with E-state index in [9.17, 15) is 22.4 Å². The first-order chi connectivity index (χ1) is 17.7. The van der Waals surface area contributed by atoms with Gasteiger partial charge in [-0.3, -0.25) is 4.79 Å². The van der Waals surface area contributed by atoms with Crippen LogP contribution in [0.15, 0.2) is 82.3 Å². The first kappa shape index (κ1) is 38.4. The summed E-state index contributed by atoms with van der Waals surface area (Å²) < 4.78 is 52.9. The topological polar surface area (TPSA) is 105 Å². The maximum absolute atomic E-state index is 13.3. The minimum atomic E-state index is -0.824. The van der Waals surface area contributed by atoms with Crippen LogP contribution in [0.1, 0.15) is 15.9 Å². The van der Waals surface area contributed by atoms with Crippen LogP contribution in [0.5, 0.6) is 0 Å². The Labute approximate surface area is 264 Å². The van der Waals surface area contributed by atoms with E-state index in [4.69, 9.17) is 17.6 Å². The van der Waals surface area contributed by atoms with E-state index in [0.29, 0.717) is 16.0 Å². The summed E-state index contributed by atoms with van der Waals surface area (Å²) in [5.41, 5.74) is 6.25. The number of benzene rings is 2. The number of hydrogen-bond donors (Lipinski definition) is 2. The third-order valence-electron chi connectivity index (χ3n) is 4.13. The molecule has 2 aromatic carbocycles. The summed E-state index contributed by atoms with van der Waals surface area (Å²) in [5, 5.41) is 9.16. The Bertz CT molecular complexity index is 1240. The van der Waals surface area contributed by atoms with E-state index in [1.165, 1.54) is 24.3 Å². The first-order valence-corrected chi connectivity index (χ1v) is 11.6. The van der Waals surface area contributed by atoms with Gasteiger partial charge in [-0.2, -0.15) is 0 Å². The molecule has 3 radical (unpaired) electrons. The number of nitrogens with zero attached hydrogens (tertiary/aromatic N) is 3. The Morgan fingerprint density at radius 2 is 1.28 bits per heavy atom. The third-order valence-corrected chi connectivity index (χ3v) is 5.06. The van der Waals surface area contributed by atoms with Crippen LogP contribution in [0.2, 0.25) is 0 Å². The van der Waals surface area contributed by atoms with Gasteiger partial charge in [0.1, 0.15) is 32.5 Å². The molecule has 195 valence electrons. The fourth-order valence-electron chi connectivity index (χ4n) is 2.38. The number of hydrogen-bond acceptors (Lipinski definition) is 6. The van der Waals surface area contributed by atoms with Gasteiger partial charge in [0.25, 0.3) is 0 Å². The first-order valence-electron chi connectivity index (χ1n) is 9.98. The van der Waals surface area contributed by atoms with Gasteiger partial charge in [-0.1, -0.05) is 12.1 Å². The summed E-state index contributed by atoms with van der Waals surface area (Å²) >= 11 is 6.38. The minimum absolute atomic E-state index is 0. The van der Waals surface area contributed by atoms with Crippen molar-refractivity contribution in [1.29, 1.82) is 5.26 Å². The van der Waals surface area contributed by atoms with E-state index in [1.54, 1.807) is 36.7 Å². The van der Waals surface area contributed by atoms with Crippen molar-refractivity contribution in [2.75, 3.05) is 11.1 Å². The Kier molecular flexibility index (Phi) is 20.8. The second-order valence-corrected chi connectivity index (χ2v) is 8.22. The fraction of sp³-hybridized carbons (Fsp3) is 0.0400. The molecule has 0 atom stereocenters. The van der Waals surface area contributed by atoms with Crippen molar-refractivity contribution in [3.8, 4) is 0 Å². The van der Waals surface area contributed by atoms with E-state index in [1.807, 2.05) is 0 Å². The Hall–Kier alpha value is -2.76. The van der Waals surface area contributed by atoms with Gasteiger partial charge in [-0.25, -0.2) is 27.5 Å². The van der Waals surface area contributed by atoms with Gasteiger partial charge in [0, 0.05) is 20.5 Å². The van der Waals surface area contributed by atoms with Crippen LogP contribution in [-0.2, 0) is 6.54 Å². The average Bonchev–Trinajstić information content (AvgIpc) is 2.89. The molecule has 0 aliphatic heterocycles. The molecule has 2 aromatic heterocycles. The van der Waals surface area contributed by atoms with Crippen molar-refractivity contribution in [2.45, 2.75) is 6.54 Å². The van der Waals surface area contributed by atoms with Gasteiger partial charge < -0.3 is 22.9 Å². The van der Waals surface area contributed by atoms with Crippen molar-refractivity contribution in [2.24, 2.45) is 0 Å². The Balaban J connectivity index is 0. The van der Waals surface area contributed by atoms with Crippen molar-refractivity contribution in [1.82, 2.24) is 9.97 Å². The number of nitrogens with one attached hydrogen (secondary N) is 1.